The van der Waals surface area contributed by atoms with Gasteiger partial charge in [0.15, 0.2) is 0 Å². The van der Waals surface area contributed by atoms with Crippen LogP contribution in [0, 0.1) is 5.92 Å². The van der Waals surface area contributed by atoms with E-state index >= 15 is 0 Å². The summed E-state index contributed by atoms with van der Waals surface area (Å²) in [5.74, 6) is 0.635. The van der Waals surface area contributed by atoms with E-state index in [0.29, 0.717) is 24.9 Å². The number of carbonyl (C=O) groups is 1. The molecule has 72 valence electrons. The average molecular weight is 172 g/mol. The molecule has 0 saturated heterocycles. The van der Waals surface area contributed by atoms with Crippen molar-refractivity contribution >= 4 is 5.91 Å². The molecule has 0 rings (SSSR count). The van der Waals surface area contributed by atoms with E-state index in [1.54, 1.807) is 4.90 Å². The summed E-state index contributed by atoms with van der Waals surface area (Å²) >= 11 is 0. The van der Waals surface area contributed by atoms with Gasteiger partial charge in [-0.25, -0.2) is 0 Å². The molecule has 0 aromatic heterocycles. The molecule has 0 saturated carbocycles. The van der Waals surface area contributed by atoms with Gasteiger partial charge in [-0.05, 0) is 12.8 Å². The molecule has 3 nitrogen and oxygen atoms in total. The first-order valence-corrected chi connectivity index (χ1v) is 4.46. The van der Waals surface area contributed by atoms with Crippen molar-refractivity contribution < 1.29 is 4.79 Å². The first-order valence-electron chi connectivity index (χ1n) is 4.46. The molecule has 2 N–H and O–H groups in total. The molecule has 0 aliphatic rings. The number of carbonyl (C=O) groups excluding carboxylic acids is 1. The van der Waals surface area contributed by atoms with E-state index in [9.17, 15) is 4.79 Å². The summed E-state index contributed by atoms with van der Waals surface area (Å²) in [7, 11) is 1.84. The van der Waals surface area contributed by atoms with Crippen LogP contribution in [0.1, 0.15) is 27.2 Å². The summed E-state index contributed by atoms with van der Waals surface area (Å²) < 4.78 is 0. The number of rotatable bonds is 4. The molecule has 0 bridgehead atoms. The zero-order valence-corrected chi connectivity index (χ0v) is 8.50. The van der Waals surface area contributed by atoms with E-state index in [1.807, 2.05) is 7.05 Å². The van der Waals surface area contributed by atoms with E-state index in [4.69, 9.17) is 5.73 Å². The van der Waals surface area contributed by atoms with Crippen molar-refractivity contribution in [3.05, 3.63) is 0 Å². The highest BCUT2D eigenvalue weighted by molar-refractivity contribution is 5.76. The third-order valence-electron chi connectivity index (χ3n) is 2.33. The number of nitrogens with two attached hydrogens (primary N) is 1. The highest BCUT2D eigenvalue weighted by Gasteiger charge is 2.17. The molecule has 1 atom stereocenters. The van der Waals surface area contributed by atoms with Crippen molar-refractivity contribution in [1.82, 2.24) is 4.90 Å². The van der Waals surface area contributed by atoms with Crippen molar-refractivity contribution in [1.29, 1.82) is 0 Å². The Balaban J connectivity index is 4.00. The lowest BCUT2D eigenvalue weighted by molar-refractivity contribution is -0.132. The molecule has 12 heavy (non-hydrogen) atoms. The van der Waals surface area contributed by atoms with Gasteiger partial charge in [0, 0.05) is 26.1 Å². The van der Waals surface area contributed by atoms with Crippen LogP contribution in [0.2, 0.25) is 0 Å². The fraction of sp³-hybridized carbons (Fsp3) is 0.889. The molecule has 3 heteroatoms. The molecule has 0 radical (unpaired) electrons. The molecule has 0 aliphatic heterocycles. The summed E-state index contributed by atoms with van der Waals surface area (Å²) in [5.41, 5.74) is 5.30. The summed E-state index contributed by atoms with van der Waals surface area (Å²) in [6.45, 7) is 6.71. The Morgan fingerprint density at radius 3 is 2.25 bits per heavy atom. The van der Waals surface area contributed by atoms with Crippen LogP contribution in [0.25, 0.3) is 0 Å². The highest BCUT2D eigenvalue weighted by atomic mass is 16.2. The molecule has 0 aromatic rings. The fourth-order valence-corrected chi connectivity index (χ4v) is 0.974. The number of hydrogen-bond donors (Lipinski definition) is 1. The van der Waals surface area contributed by atoms with Gasteiger partial charge in [0.05, 0.1) is 0 Å². The predicted octanol–water partition coefficient (Wildman–Crippen LogP) is 0.838. The number of amides is 1. The monoisotopic (exact) mass is 172 g/mol. The fourth-order valence-electron chi connectivity index (χ4n) is 0.974. The minimum Gasteiger partial charge on any atom is -0.343 e. The lowest BCUT2D eigenvalue weighted by atomic mass is 10.1. The van der Waals surface area contributed by atoms with E-state index in [0.717, 1.165) is 0 Å². The smallest absolute Gasteiger partial charge is 0.223 e. The molecule has 1 amide bonds. The molecular formula is C9H20N2O. The maximum Gasteiger partial charge on any atom is 0.223 e. The van der Waals surface area contributed by atoms with Gasteiger partial charge in [-0.15, -0.1) is 0 Å². The van der Waals surface area contributed by atoms with Crippen LogP contribution in [0.15, 0.2) is 0 Å². The standard InChI is InChI=1S/C9H20N2O/c1-7(2)8(3)11(4)9(12)5-6-10/h7-8H,5-6,10H2,1-4H3. The SMILES string of the molecule is CC(C)C(C)N(C)C(=O)CCN. The first-order chi connectivity index (χ1) is 5.50. The Morgan fingerprint density at radius 1 is 1.42 bits per heavy atom. The van der Waals surface area contributed by atoms with Crippen LogP contribution in [0.5, 0.6) is 0 Å². The lowest BCUT2D eigenvalue weighted by Gasteiger charge is -2.27. The van der Waals surface area contributed by atoms with Crippen LogP contribution >= 0.6 is 0 Å². The number of nitrogens with zero attached hydrogens (tertiary/aromatic N) is 1. The molecule has 0 heterocycles. The Bertz CT molecular complexity index is 145. The van der Waals surface area contributed by atoms with Gasteiger partial charge in [-0.2, -0.15) is 0 Å². The van der Waals surface area contributed by atoms with Crippen LogP contribution in [0.4, 0.5) is 0 Å². The van der Waals surface area contributed by atoms with E-state index < -0.39 is 0 Å². The Labute approximate surface area is 74.9 Å². The topological polar surface area (TPSA) is 46.3 Å². The van der Waals surface area contributed by atoms with Gasteiger partial charge >= 0.3 is 0 Å². The van der Waals surface area contributed by atoms with E-state index in [2.05, 4.69) is 20.8 Å². The summed E-state index contributed by atoms with van der Waals surface area (Å²) in [4.78, 5) is 13.1. The van der Waals surface area contributed by atoms with Crippen LogP contribution < -0.4 is 5.73 Å². The number of hydrogen-bond acceptors (Lipinski definition) is 2. The molecule has 0 fully saturated rings. The highest BCUT2D eigenvalue weighted by Crippen LogP contribution is 2.08. The normalized spacial score (nSPS) is 13.2. The maximum atomic E-state index is 11.3. The van der Waals surface area contributed by atoms with Crippen molar-refractivity contribution in [3.63, 3.8) is 0 Å². The van der Waals surface area contributed by atoms with Crippen LogP contribution in [-0.4, -0.2) is 30.4 Å². The Morgan fingerprint density at radius 2 is 1.92 bits per heavy atom. The first kappa shape index (κ1) is 11.4. The zero-order chi connectivity index (χ0) is 9.72. The second-order valence-corrected chi connectivity index (χ2v) is 3.53. The molecule has 0 spiro atoms. The zero-order valence-electron chi connectivity index (χ0n) is 8.50. The maximum absolute atomic E-state index is 11.3. The third-order valence-corrected chi connectivity index (χ3v) is 2.33. The van der Waals surface area contributed by atoms with Crippen LogP contribution in [-0.2, 0) is 4.79 Å². The van der Waals surface area contributed by atoms with Gasteiger partial charge in [-0.3, -0.25) is 4.79 Å². The van der Waals surface area contributed by atoms with Gasteiger partial charge in [-0.1, -0.05) is 13.8 Å². The van der Waals surface area contributed by atoms with Crippen molar-refractivity contribution in [3.8, 4) is 0 Å². The summed E-state index contributed by atoms with van der Waals surface area (Å²) in [5, 5.41) is 0. The van der Waals surface area contributed by atoms with Crippen molar-refractivity contribution in [2.24, 2.45) is 11.7 Å². The molecule has 0 aromatic carbocycles. The second-order valence-electron chi connectivity index (χ2n) is 3.53. The van der Waals surface area contributed by atoms with Gasteiger partial charge in [0.25, 0.3) is 0 Å². The summed E-state index contributed by atoms with van der Waals surface area (Å²) in [6, 6.07) is 0.295. The minimum absolute atomic E-state index is 0.138. The Hall–Kier alpha value is -0.570. The summed E-state index contributed by atoms with van der Waals surface area (Å²) in [6.07, 6.45) is 0.452. The van der Waals surface area contributed by atoms with Crippen LogP contribution in [0.3, 0.4) is 0 Å². The molecular weight excluding hydrogens is 152 g/mol. The minimum atomic E-state index is 0.138. The Kier molecular flexibility index (Phi) is 4.90. The third kappa shape index (κ3) is 3.22. The van der Waals surface area contributed by atoms with Gasteiger partial charge in [0.2, 0.25) is 5.91 Å². The second kappa shape index (κ2) is 5.14. The van der Waals surface area contributed by atoms with Gasteiger partial charge in [0.1, 0.15) is 0 Å². The van der Waals surface area contributed by atoms with E-state index in [-0.39, 0.29) is 5.91 Å². The lowest BCUT2D eigenvalue weighted by Crippen LogP contribution is -2.38. The quantitative estimate of drug-likeness (QED) is 0.683. The van der Waals surface area contributed by atoms with Crippen molar-refractivity contribution in [2.75, 3.05) is 13.6 Å². The predicted molar refractivity (Wildman–Crippen MR) is 50.7 cm³/mol. The largest absolute Gasteiger partial charge is 0.343 e. The van der Waals surface area contributed by atoms with Crippen molar-refractivity contribution in [2.45, 2.75) is 33.2 Å². The average Bonchev–Trinajstić information content (AvgIpc) is 2.02. The molecule has 1 unspecified atom stereocenters. The van der Waals surface area contributed by atoms with E-state index in [1.165, 1.54) is 0 Å². The molecule has 0 aliphatic carbocycles. The van der Waals surface area contributed by atoms with Gasteiger partial charge < -0.3 is 10.6 Å².